The molecule has 2 N–H and O–H groups in total. The van der Waals surface area contributed by atoms with Crippen LogP contribution < -0.4 is 5.73 Å². The van der Waals surface area contributed by atoms with E-state index in [1.54, 1.807) is 0 Å². The predicted octanol–water partition coefficient (Wildman–Crippen LogP) is 0.484. The van der Waals surface area contributed by atoms with E-state index < -0.39 is 15.6 Å². The number of halogens is 3. The molecule has 0 aliphatic carbocycles. The number of hydrogen-bond donors (Lipinski definition) is 1. The number of alkyl halides is 3. The van der Waals surface area contributed by atoms with Crippen molar-refractivity contribution in [2.45, 2.75) is 5.51 Å². The number of nitrogens with zero attached hydrogens (tertiary/aromatic N) is 1. The highest BCUT2D eigenvalue weighted by molar-refractivity contribution is 7.86. The molecule has 0 aromatic rings. The third-order valence-corrected chi connectivity index (χ3v) is 2.32. The second-order valence-electron chi connectivity index (χ2n) is 3.88. The summed E-state index contributed by atoms with van der Waals surface area (Å²) in [7, 11) is -1.81. The van der Waals surface area contributed by atoms with Crippen LogP contribution in [0.25, 0.3) is 0 Å². The molecule has 0 amide bonds. The van der Waals surface area contributed by atoms with Crippen LogP contribution in [0.15, 0.2) is 24.0 Å². The summed E-state index contributed by atoms with van der Waals surface area (Å²) in [6.07, 6.45) is 6.08. The van der Waals surface area contributed by atoms with Crippen molar-refractivity contribution in [3.8, 4) is 0 Å². The minimum absolute atomic E-state index is 0.882. The molecule has 9 heteroatoms. The lowest BCUT2D eigenvalue weighted by Crippen LogP contribution is -2.35. The second-order valence-corrected chi connectivity index (χ2v) is 5.25. The molecule has 0 saturated carbocycles. The van der Waals surface area contributed by atoms with Gasteiger partial charge in [0, 0.05) is 11.8 Å². The van der Waals surface area contributed by atoms with Gasteiger partial charge in [-0.2, -0.15) is 13.2 Å². The monoisotopic (exact) mass is 274 g/mol. The van der Waals surface area contributed by atoms with Gasteiger partial charge in [-0.1, -0.05) is 0 Å². The van der Waals surface area contributed by atoms with E-state index in [-0.39, 0.29) is 0 Å². The number of nitrogens with two attached hydrogens (primary N) is 1. The van der Waals surface area contributed by atoms with E-state index in [4.69, 9.17) is 18.7 Å². The molecule has 1 aliphatic rings. The van der Waals surface area contributed by atoms with Gasteiger partial charge in [-0.15, -0.1) is 0 Å². The third kappa shape index (κ3) is 6.29. The predicted molar refractivity (Wildman–Crippen MR) is 54.1 cm³/mol. The summed E-state index contributed by atoms with van der Waals surface area (Å²) < 4.78 is 59.8. The molecule has 1 heterocycles. The van der Waals surface area contributed by atoms with Gasteiger partial charge in [0.05, 0.1) is 20.3 Å². The van der Waals surface area contributed by atoms with Gasteiger partial charge in [-0.25, -0.2) is 8.42 Å². The Kier molecular flexibility index (Phi) is 4.75. The lowest BCUT2D eigenvalue weighted by atomic mass is 10.3. The molecule has 17 heavy (non-hydrogen) atoms. The zero-order valence-corrected chi connectivity index (χ0v) is 10.0. The van der Waals surface area contributed by atoms with Gasteiger partial charge in [0.15, 0.2) is 10.1 Å². The summed E-state index contributed by atoms with van der Waals surface area (Å²) in [6.45, 7) is 1.00. The Bertz CT molecular complexity index is 424. The van der Waals surface area contributed by atoms with E-state index in [1.165, 1.54) is 0 Å². The van der Waals surface area contributed by atoms with Crippen LogP contribution in [0.3, 0.4) is 0 Å². The molecule has 1 aliphatic heterocycles. The first-order chi connectivity index (χ1) is 7.35. The number of likely N-dealkylation sites (N-methyl/N-ethyl adjacent to an activating group) is 1. The normalized spacial score (nSPS) is 19.1. The van der Waals surface area contributed by atoms with Crippen LogP contribution in [0.1, 0.15) is 0 Å². The maximum atomic E-state index is 10.7. The zero-order valence-electron chi connectivity index (χ0n) is 9.23. The summed E-state index contributed by atoms with van der Waals surface area (Å²) >= 11 is 0. The minimum atomic E-state index is -6.09. The molecule has 0 atom stereocenters. The van der Waals surface area contributed by atoms with Crippen molar-refractivity contribution in [1.29, 1.82) is 0 Å². The van der Waals surface area contributed by atoms with Gasteiger partial charge in [-0.3, -0.25) is 4.48 Å². The van der Waals surface area contributed by atoms with Gasteiger partial charge in [0.25, 0.3) is 0 Å². The summed E-state index contributed by atoms with van der Waals surface area (Å²) in [6, 6.07) is 0. The lowest BCUT2D eigenvalue weighted by Gasteiger charge is -2.25. The smallest absolute Gasteiger partial charge is 0.485 e. The van der Waals surface area contributed by atoms with Gasteiger partial charge in [-0.05, 0) is 6.08 Å². The molecule has 0 fully saturated rings. The molecule has 0 unspecified atom stereocenters. The Morgan fingerprint density at radius 2 is 1.82 bits per heavy atom. The molecule has 1 rings (SSSR count). The first-order valence-electron chi connectivity index (χ1n) is 4.35. The standard InChI is InChI=1S/C7H13N2.CHF3O3S/c1-9(2)5-3-7(8)4-6-9;2-1(3,4)8(5,6)7/h3-5H,6,8H2,1-2H3;(H,5,6,7)/q+1;/p-1. The van der Waals surface area contributed by atoms with Crippen molar-refractivity contribution in [3.05, 3.63) is 24.0 Å². The summed E-state index contributed by atoms with van der Waals surface area (Å²) in [4.78, 5) is 0. The molecule has 0 spiro atoms. The van der Waals surface area contributed by atoms with Gasteiger partial charge >= 0.3 is 5.51 Å². The molecule has 0 bridgehead atoms. The molecule has 100 valence electrons. The Hall–Kier alpha value is -1.06. The number of hydrogen-bond acceptors (Lipinski definition) is 4. The van der Waals surface area contributed by atoms with Crippen LogP contribution in [0.4, 0.5) is 13.2 Å². The fourth-order valence-corrected chi connectivity index (χ4v) is 0.757. The Morgan fingerprint density at radius 1 is 1.41 bits per heavy atom. The van der Waals surface area contributed by atoms with E-state index >= 15 is 0 Å². The fraction of sp³-hybridized carbons (Fsp3) is 0.500. The molecule has 5 nitrogen and oxygen atoms in total. The quantitative estimate of drug-likeness (QED) is 0.396. The number of quaternary nitrogens is 1. The number of allylic oxidation sites excluding steroid dienone is 1. The van der Waals surface area contributed by atoms with Gasteiger partial charge in [0.1, 0.15) is 6.54 Å². The van der Waals surface area contributed by atoms with Crippen molar-refractivity contribution in [2.24, 2.45) is 5.73 Å². The van der Waals surface area contributed by atoms with Crippen molar-refractivity contribution >= 4 is 10.1 Å². The van der Waals surface area contributed by atoms with Gasteiger partial charge in [0.2, 0.25) is 0 Å². The Morgan fingerprint density at radius 3 is 2.00 bits per heavy atom. The van der Waals surface area contributed by atoms with Crippen LogP contribution in [0.2, 0.25) is 0 Å². The third-order valence-electron chi connectivity index (χ3n) is 1.75. The van der Waals surface area contributed by atoms with Crippen molar-refractivity contribution in [2.75, 3.05) is 20.6 Å². The average Bonchev–Trinajstić information content (AvgIpc) is 2.08. The molecule has 0 saturated heterocycles. The first kappa shape index (κ1) is 15.9. The highest BCUT2D eigenvalue weighted by Gasteiger charge is 2.36. The van der Waals surface area contributed by atoms with Crippen molar-refractivity contribution in [3.63, 3.8) is 0 Å². The highest BCUT2D eigenvalue weighted by Crippen LogP contribution is 2.20. The van der Waals surface area contributed by atoms with E-state index in [0.717, 1.165) is 16.7 Å². The Balaban J connectivity index is 0.000000304. The maximum Gasteiger partial charge on any atom is 0.485 e. The van der Waals surface area contributed by atoms with Crippen molar-refractivity contribution < 1.29 is 30.6 Å². The molecular weight excluding hydrogens is 261 g/mol. The average molecular weight is 274 g/mol. The van der Waals surface area contributed by atoms with E-state index in [9.17, 15) is 13.2 Å². The van der Waals surface area contributed by atoms with E-state index in [2.05, 4.69) is 20.3 Å². The van der Waals surface area contributed by atoms with Crippen LogP contribution in [-0.4, -0.2) is 43.6 Å². The van der Waals surface area contributed by atoms with Crippen LogP contribution in [0, 0.1) is 0 Å². The topological polar surface area (TPSA) is 83.2 Å². The summed E-state index contributed by atoms with van der Waals surface area (Å²) in [5, 5.41) is 0. The van der Waals surface area contributed by atoms with Gasteiger partial charge < -0.3 is 10.3 Å². The molecule has 0 radical (unpaired) electrons. The van der Waals surface area contributed by atoms with E-state index in [0.29, 0.717) is 0 Å². The van der Waals surface area contributed by atoms with Crippen LogP contribution in [-0.2, 0) is 10.1 Å². The summed E-state index contributed by atoms with van der Waals surface area (Å²) in [5.41, 5.74) is 0.756. The SMILES string of the molecule is C[N+]1(C)C=CC(N)=CC1.O=S(=O)([O-])C(F)(F)F. The largest absolute Gasteiger partial charge is 0.741 e. The zero-order chi connectivity index (χ0) is 13.9. The maximum absolute atomic E-state index is 10.7. The van der Waals surface area contributed by atoms with Crippen LogP contribution in [0.5, 0.6) is 0 Å². The van der Waals surface area contributed by atoms with Crippen molar-refractivity contribution in [1.82, 2.24) is 0 Å². The summed E-state index contributed by atoms with van der Waals surface area (Å²) in [5.74, 6) is 0. The molecule has 0 aromatic carbocycles. The number of rotatable bonds is 0. The second kappa shape index (κ2) is 5.07. The lowest BCUT2D eigenvalue weighted by molar-refractivity contribution is -0.833. The highest BCUT2D eigenvalue weighted by atomic mass is 32.2. The minimum Gasteiger partial charge on any atom is -0.741 e. The van der Waals surface area contributed by atoms with E-state index in [1.807, 2.05) is 12.2 Å². The molecular formula is C8H13F3N2O3S. The Labute approximate surface area is 97.3 Å². The van der Waals surface area contributed by atoms with Crippen LogP contribution >= 0.6 is 0 Å². The first-order valence-corrected chi connectivity index (χ1v) is 5.76. The fourth-order valence-electron chi connectivity index (χ4n) is 0.757. The molecule has 0 aromatic heterocycles.